The molecule has 0 radical (unpaired) electrons. The van der Waals surface area contributed by atoms with Gasteiger partial charge in [-0.15, -0.1) is 0 Å². The predicted octanol–water partition coefficient (Wildman–Crippen LogP) is 0.439. The number of hydrogen-bond acceptors (Lipinski definition) is 4. The van der Waals surface area contributed by atoms with Crippen molar-refractivity contribution in [3.8, 4) is 0 Å². The summed E-state index contributed by atoms with van der Waals surface area (Å²) in [5.74, 6) is 0.133. The second kappa shape index (κ2) is 5.27. The van der Waals surface area contributed by atoms with E-state index in [0.717, 1.165) is 25.2 Å². The Kier molecular flexibility index (Phi) is 3.45. The molecule has 0 saturated carbocycles. The van der Waals surface area contributed by atoms with E-state index in [1.165, 1.54) is 0 Å². The van der Waals surface area contributed by atoms with Crippen LogP contribution in [0.2, 0.25) is 0 Å². The quantitative estimate of drug-likeness (QED) is 0.774. The summed E-state index contributed by atoms with van der Waals surface area (Å²) in [6.45, 7) is 2.21. The van der Waals surface area contributed by atoms with Crippen molar-refractivity contribution in [3.05, 3.63) is 23.8 Å². The number of piperazine rings is 1. The molecular weight excluding hydrogens is 268 g/mol. The number of carbonyl (C=O) groups is 2. The fourth-order valence-electron chi connectivity index (χ4n) is 3.22. The van der Waals surface area contributed by atoms with Crippen molar-refractivity contribution in [1.29, 1.82) is 0 Å². The average molecular weight is 288 g/mol. The molecule has 1 aromatic carbocycles. The summed E-state index contributed by atoms with van der Waals surface area (Å²) in [5, 5.41) is 2.66. The van der Waals surface area contributed by atoms with E-state index in [9.17, 15) is 9.59 Å². The number of rotatable bonds is 2. The molecule has 6 heteroatoms. The van der Waals surface area contributed by atoms with Gasteiger partial charge in [0.1, 0.15) is 0 Å². The molecule has 0 aromatic heterocycles. The Labute approximate surface area is 123 Å². The van der Waals surface area contributed by atoms with Gasteiger partial charge in [0.2, 0.25) is 5.91 Å². The highest BCUT2D eigenvalue weighted by atomic mass is 16.2. The van der Waals surface area contributed by atoms with Gasteiger partial charge in [0.05, 0.1) is 11.3 Å². The van der Waals surface area contributed by atoms with Crippen molar-refractivity contribution >= 4 is 23.2 Å². The number of fused-ring (bicyclic) bond motifs is 1. The van der Waals surface area contributed by atoms with Crippen molar-refractivity contribution in [3.63, 3.8) is 0 Å². The maximum atomic E-state index is 12.0. The molecule has 2 aliphatic heterocycles. The number of hydrogen-bond donors (Lipinski definition) is 2. The van der Waals surface area contributed by atoms with Crippen molar-refractivity contribution in [1.82, 2.24) is 10.2 Å². The Balaban J connectivity index is 1.88. The second-order valence-corrected chi connectivity index (χ2v) is 5.58. The Morgan fingerprint density at radius 1 is 1.38 bits per heavy atom. The van der Waals surface area contributed by atoms with Crippen molar-refractivity contribution in [2.24, 2.45) is 0 Å². The topological polar surface area (TPSA) is 78.7 Å². The van der Waals surface area contributed by atoms with Crippen LogP contribution in [0.5, 0.6) is 0 Å². The van der Waals surface area contributed by atoms with Crippen LogP contribution < -0.4 is 16.0 Å². The molecule has 6 nitrogen and oxygen atoms in total. The SMILES string of the molecule is CNC(=O)c1ccc(N)cc1N1CCN2C(=O)CCC2C1. The molecule has 21 heavy (non-hydrogen) atoms. The zero-order valence-electron chi connectivity index (χ0n) is 12.1. The van der Waals surface area contributed by atoms with Gasteiger partial charge in [0.15, 0.2) is 0 Å². The Bertz CT molecular complexity index is 587. The van der Waals surface area contributed by atoms with Crippen LogP contribution in [0.3, 0.4) is 0 Å². The van der Waals surface area contributed by atoms with Crippen LogP contribution in [0.25, 0.3) is 0 Å². The van der Waals surface area contributed by atoms with Gasteiger partial charge in [-0.05, 0) is 24.6 Å². The minimum atomic E-state index is -0.116. The summed E-state index contributed by atoms with van der Waals surface area (Å²) < 4.78 is 0. The maximum Gasteiger partial charge on any atom is 0.253 e. The van der Waals surface area contributed by atoms with Gasteiger partial charge < -0.3 is 20.9 Å². The van der Waals surface area contributed by atoms with Crippen LogP contribution in [0.15, 0.2) is 18.2 Å². The van der Waals surface area contributed by atoms with E-state index in [1.807, 2.05) is 11.0 Å². The van der Waals surface area contributed by atoms with Crippen LogP contribution in [-0.2, 0) is 4.79 Å². The zero-order valence-corrected chi connectivity index (χ0v) is 12.1. The number of carbonyl (C=O) groups excluding carboxylic acids is 2. The van der Waals surface area contributed by atoms with E-state index in [4.69, 9.17) is 5.73 Å². The van der Waals surface area contributed by atoms with E-state index in [0.29, 0.717) is 24.2 Å². The lowest BCUT2D eigenvalue weighted by atomic mass is 10.1. The molecule has 2 heterocycles. The fourth-order valence-corrected chi connectivity index (χ4v) is 3.22. The Morgan fingerprint density at radius 2 is 2.19 bits per heavy atom. The number of amides is 2. The zero-order chi connectivity index (χ0) is 15.0. The maximum absolute atomic E-state index is 12.0. The van der Waals surface area contributed by atoms with Gasteiger partial charge >= 0.3 is 0 Å². The van der Waals surface area contributed by atoms with Crippen LogP contribution in [0.1, 0.15) is 23.2 Å². The van der Waals surface area contributed by atoms with Gasteiger partial charge in [-0.25, -0.2) is 0 Å². The third-order valence-corrected chi connectivity index (χ3v) is 4.33. The molecule has 0 aliphatic carbocycles. The van der Waals surface area contributed by atoms with Crippen molar-refractivity contribution in [2.45, 2.75) is 18.9 Å². The first kappa shape index (κ1) is 13.7. The lowest BCUT2D eigenvalue weighted by Gasteiger charge is -2.39. The first-order chi connectivity index (χ1) is 10.1. The number of nitrogen functional groups attached to an aromatic ring is 1. The fraction of sp³-hybridized carbons (Fsp3) is 0.467. The summed E-state index contributed by atoms with van der Waals surface area (Å²) in [6.07, 6.45) is 1.53. The summed E-state index contributed by atoms with van der Waals surface area (Å²) in [6, 6.07) is 5.60. The molecule has 1 unspecified atom stereocenters. The third kappa shape index (κ3) is 2.41. The molecule has 0 bridgehead atoms. The number of nitrogens with two attached hydrogens (primary N) is 1. The van der Waals surface area contributed by atoms with Crippen molar-refractivity contribution in [2.75, 3.05) is 37.3 Å². The smallest absolute Gasteiger partial charge is 0.253 e. The normalized spacial score (nSPS) is 21.4. The van der Waals surface area contributed by atoms with Gasteiger partial charge in [-0.2, -0.15) is 0 Å². The van der Waals surface area contributed by atoms with Gasteiger partial charge in [0, 0.05) is 44.8 Å². The highest BCUT2D eigenvalue weighted by Crippen LogP contribution is 2.29. The van der Waals surface area contributed by atoms with E-state index < -0.39 is 0 Å². The number of anilines is 2. The molecular formula is C15H20N4O2. The van der Waals surface area contributed by atoms with Gasteiger partial charge in [0.25, 0.3) is 5.91 Å². The summed E-state index contributed by atoms with van der Waals surface area (Å²) in [7, 11) is 1.62. The lowest BCUT2D eigenvalue weighted by molar-refractivity contribution is -0.129. The Hall–Kier alpha value is -2.24. The van der Waals surface area contributed by atoms with Crippen LogP contribution in [-0.4, -0.2) is 49.4 Å². The molecule has 0 spiro atoms. The minimum Gasteiger partial charge on any atom is -0.399 e. The van der Waals surface area contributed by atoms with Crippen molar-refractivity contribution < 1.29 is 9.59 Å². The van der Waals surface area contributed by atoms with E-state index in [2.05, 4.69) is 10.2 Å². The molecule has 3 N–H and O–H groups in total. The average Bonchev–Trinajstić information content (AvgIpc) is 2.87. The van der Waals surface area contributed by atoms with Crippen LogP contribution in [0.4, 0.5) is 11.4 Å². The molecule has 2 aliphatic rings. The summed E-state index contributed by atoms with van der Waals surface area (Å²) >= 11 is 0. The highest BCUT2D eigenvalue weighted by molar-refractivity contribution is 6.00. The minimum absolute atomic E-state index is 0.116. The van der Waals surface area contributed by atoms with E-state index in [1.54, 1.807) is 19.2 Å². The second-order valence-electron chi connectivity index (χ2n) is 5.58. The first-order valence-corrected chi connectivity index (χ1v) is 7.26. The molecule has 3 rings (SSSR count). The predicted molar refractivity (Wildman–Crippen MR) is 81.2 cm³/mol. The molecule has 2 fully saturated rings. The lowest BCUT2D eigenvalue weighted by Crippen LogP contribution is -2.51. The van der Waals surface area contributed by atoms with E-state index in [-0.39, 0.29) is 17.9 Å². The standard InChI is InChI=1S/C15H20N4O2/c1-17-15(21)12-4-2-10(16)8-13(12)18-6-7-19-11(9-18)3-5-14(19)20/h2,4,8,11H,3,5-7,9,16H2,1H3,(H,17,21). The molecule has 112 valence electrons. The largest absolute Gasteiger partial charge is 0.399 e. The first-order valence-electron chi connectivity index (χ1n) is 7.26. The summed E-state index contributed by atoms with van der Waals surface area (Å²) in [4.78, 5) is 27.9. The third-order valence-electron chi connectivity index (χ3n) is 4.33. The molecule has 2 saturated heterocycles. The monoisotopic (exact) mass is 288 g/mol. The molecule has 2 amide bonds. The van der Waals surface area contributed by atoms with Gasteiger partial charge in [-0.3, -0.25) is 9.59 Å². The number of benzene rings is 1. The van der Waals surface area contributed by atoms with E-state index >= 15 is 0 Å². The highest BCUT2D eigenvalue weighted by Gasteiger charge is 2.36. The number of nitrogens with zero attached hydrogens (tertiary/aromatic N) is 2. The van der Waals surface area contributed by atoms with Gasteiger partial charge in [-0.1, -0.05) is 0 Å². The number of nitrogens with one attached hydrogen (secondary N) is 1. The summed E-state index contributed by atoms with van der Waals surface area (Å²) in [5.41, 5.74) is 8.01. The van der Waals surface area contributed by atoms with Crippen LogP contribution >= 0.6 is 0 Å². The molecule has 1 atom stereocenters. The van der Waals surface area contributed by atoms with Crippen LogP contribution in [0, 0.1) is 0 Å². The Morgan fingerprint density at radius 3 is 2.95 bits per heavy atom. The molecule has 1 aromatic rings.